The van der Waals surface area contributed by atoms with Gasteiger partial charge in [0.1, 0.15) is 5.78 Å². The summed E-state index contributed by atoms with van der Waals surface area (Å²) in [5.41, 5.74) is 0. The van der Waals surface area contributed by atoms with Gasteiger partial charge in [0.2, 0.25) is 0 Å². The fourth-order valence-corrected chi connectivity index (χ4v) is 4.74. The summed E-state index contributed by atoms with van der Waals surface area (Å²) in [5, 5.41) is 0. The summed E-state index contributed by atoms with van der Waals surface area (Å²) in [7, 11) is 0. The highest BCUT2D eigenvalue weighted by molar-refractivity contribution is 6.26. The summed E-state index contributed by atoms with van der Waals surface area (Å²) in [6.07, 6.45) is 9.43. The van der Waals surface area contributed by atoms with E-state index in [1.807, 2.05) is 0 Å². The molecule has 0 N–H and O–H groups in total. The Bertz CT molecular complexity index is 288. The molecular formula is C13H19ClO. The highest BCUT2D eigenvalue weighted by Gasteiger charge is 2.54. The Morgan fingerprint density at radius 1 is 1.13 bits per heavy atom. The number of carbonyl (C=O) groups excluding carboxylic acids is 1. The molecule has 4 unspecified atom stereocenters. The zero-order chi connectivity index (χ0) is 10.5. The van der Waals surface area contributed by atoms with Crippen LogP contribution < -0.4 is 0 Å². The Morgan fingerprint density at radius 3 is 2.87 bits per heavy atom. The van der Waals surface area contributed by atoms with E-state index in [1.165, 1.54) is 25.7 Å². The van der Waals surface area contributed by atoms with Crippen LogP contribution >= 0.6 is 11.6 Å². The molecule has 0 saturated heterocycles. The zero-order valence-corrected chi connectivity index (χ0v) is 9.93. The number of Topliss-reactive ketones (excluding diaryl/α,β-unsaturated/α-hetero) is 1. The topological polar surface area (TPSA) is 17.1 Å². The summed E-state index contributed by atoms with van der Waals surface area (Å²) < 4.78 is 0. The van der Waals surface area contributed by atoms with Gasteiger partial charge in [0.05, 0.1) is 4.87 Å². The van der Waals surface area contributed by atoms with Crippen LogP contribution in [0.4, 0.5) is 0 Å². The van der Waals surface area contributed by atoms with Crippen molar-refractivity contribution in [1.29, 1.82) is 0 Å². The molecule has 3 aliphatic carbocycles. The molecule has 2 bridgehead atoms. The van der Waals surface area contributed by atoms with Crippen LogP contribution in [-0.4, -0.2) is 10.7 Å². The molecule has 15 heavy (non-hydrogen) atoms. The molecule has 3 saturated carbocycles. The van der Waals surface area contributed by atoms with E-state index in [-0.39, 0.29) is 10.8 Å². The first-order valence-corrected chi connectivity index (χ1v) is 6.82. The van der Waals surface area contributed by atoms with Gasteiger partial charge >= 0.3 is 0 Å². The third-order valence-corrected chi connectivity index (χ3v) is 5.74. The predicted molar refractivity (Wildman–Crippen MR) is 61.0 cm³/mol. The molecule has 84 valence electrons. The minimum absolute atomic E-state index is 0.133. The molecule has 2 heteroatoms. The number of ketones is 1. The van der Waals surface area contributed by atoms with E-state index in [2.05, 4.69) is 0 Å². The van der Waals surface area contributed by atoms with E-state index in [9.17, 15) is 4.79 Å². The second-order valence-corrected chi connectivity index (χ2v) is 6.39. The fraction of sp³-hybridized carbons (Fsp3) is 0.923. The van der Waals surface area contributed by atoms with Crippen LogP contribution in [0, 0.1) is 17.8 Å². The van der Waals surface area contributed by atoms with Crippen LogP contribution in [0.2, 0.25) is 0 Å². The van der Waals surface area contributed by atoms with Crippen molar-refractivity contribution in [3.05, 3.63) is 0 Å². The molecule has 0 radical (unpaired) electrons. The van der Waals surface area contributed by atoms with Crippen molar-refractivity contribution in [2.75, 3.05) is 0 Å². The number of hydrogen-bond donors (Lipinski definition) is 0. The third-order valence-electron chi connectivity index (χ3n) is 4.98. The first-order chi connectivity index (χ1) is 7.22. The van der Waals surface area contributed by atoms with E-state index in [0.29, 0.717) is 17.6 Å². The maximum absolute atomic E-state index is 12.2. The normalized spacial score (nSPS) is 49.9. The van der Waals surface area contributed by atoms with Crippen LogP contribution in [0.15, 0.2) is 0 Å². The smallest absolute Gasteiger partial charge is 0.140 e. The molecule has 0 aliphatic heterocycles. The van der Waals surface area contributed by atoms with E-state index in [0.717, 1.165) is 25.7 Å². The number of alkyl halides is 1. The third kappa shape index (κ3) is 1.39. The molecular weight excluding hydrogens is 208 g/mol. The van der Waals surface area contributed by atoms with Crippen LogP contribution in [-0.2, 0) is 4.79 Å². The van der Waals surface area contributed by atoms with Gasteiger partial charge in [-0.15, -0.1) is 11.6 Å². The van der Waals surface area contributed by atoms with Crippen molar-refractivity contribution in [2.24, 2.45) is 17.8 Å². The van der Waals surface area contributed by atoms with Gasteiger partial charge in [-0.3, -0.25) is 4.79 Å². The summed E-state index contributed by atoms with van der Waals surface area (Å²) in [5.74, 6) is 1.73. The average molecular weight is 227 g/mol. The van der Waals surface area contributed by atoms with Crippen molar-refractivity contribution >= 4 is 17.4 Å². The maximum atomic E-state index is 12.2. The molecule has 0 aromatic heterocycles. The van der Waals surface area contributed by atoms with Gasteiger partial charge in [0.25, 0.3) is 0 Å². The summed E-state index contributed by atoms with van der Waals surface area (Å²) in [6, 6.07) is 0. The zero-order valence-electron chi connectivity index (χ0n) is 9.18. The van der Waals surface area contributed by atoms with Gasteiger partial charge < -0.3 is 0 Å². The lowest BCUT2D eigenvalue weighted by Crippen LogP contribution is -2.54. The first-order valence-electron chi connectivity index (χ1n) is 6.44. The lowest BCUT2D eigenvalue weighted by atomic mass is 9.57. The van der Waals surface area contributed by atoms with Crippen molar-refractivity contribution in [3.8, 4) is 0 Å². The van der Waals surface area contributed by atoms with Crippen molar-refractivity contribution in [2.45, 2.75) is 56.2 Å². The van der Waals surface area contributed by atoms with Crippen molar-refractivity contribution in [1.82, 2.24) is 0 Å². The van der Waals surface area contributed by atoms with E-state index < -0.39 is 0 Å². The molecule has 0 amide bonds. The largest absolute Gasteiger partial charge is 0.299 e. The average Bonchev–Trinajstić information content (AvgIpc) is 2.21. The standard InChI is InChI=1S/C13H19ClO/c14-13-7-2-1-5-10(13)8-9-4-3-6-11(13)12(9)15/h9-11H,1-8H2. The number of halogens is 1. The Labute approximate surface area is 96.6 Å². The molecule has 3 fully saturated rings. The van der Waals surface area contributed by atoms with Crippen molar-refractivity contribution < 1.29 is 4.79 Å². The fourth-order valence-electron chi connectivity index (χ4n) is 4.19. The summed E-state index contributed by atoms with van der Waals surface area (Å²) >= 11 is 6.82. The van der Waals surface area contributed by atoms with E-state index >= 15 is 0 Å². The Balaban J connectivity index is 1.94. The minimum Gasteiger partial charge on any atom is -0.299 e. The lowest BCUT2D eigenvalue weighted by Gasteiger charge is -2.52. The van der Waals surface area contributed by atoms with Crippen LogP contribution in [0.25, 0.3) is 0 Å². The van der Waals surface area contributed by atoms with Crippen molar-refractivity contribution in [3.63, 3.8) is 0 Å². The molecule has 0 spiro atoms. The van der Waals surface area contributed by atoms with E-state index in [4.69, 9.17) is 11.6 Å². The number of carbonyl (C=O) groups is 1. The monoisotopic (exact) mass is 226 g/mol. The maximum Gasteiger partial charge on any atom is 0.140 e. The van der Waals surface area contributed by atoms with Gasteiger partial charge in [-0.05, 0) is 38.0 Å². The van der Waals surface area contributed by atoms with E-state index in [1.54, 1.807) is 0 Å². The molecule has 3 rings (SSSR count). The SMILES string of the molecule is O=C1C2CCCC1C1(Cl)CCCCC1C2. The van der Waals surface area contributed by atoms with Crippen LogP contribution in [0.5, 0.6) is 0 Å². The number of rotatable bonds is 0. The molecule has 0 heterocycles. The van der Waals surface area contributed by atoms with Gasteiger partial charge in [0, 0.05) is 11.8 Å². The molecule has 3 aliphatic rings. The summed E-state index contributed by atoms with van der Waals surface area (Å²) in [4.78, 5) is 12.1. The second-order valence-electron chi connectivity index (χ2n) is 5.69. The summed E-state index contributed by atoms with van der Waals surface area (Å²) in [6.45, 7) is 0. The van der Waals surface area contributed by atoms with Gasteiger partial charge in [-0.2, -0.15) is 0 Å². The Hall–Kier alpha value is -0.0400. The highest BCUT2D eigenvalue weighted by Crippen LogP contribution is 2.55. The second kappa shape index (κ2) is 3.48. The quantitative estimate of drug-likeness (QED) is 0.578. The van der Waals surface area contributed by atoms with Crippen LogP contribution in [0.3, 0.4) is 0 Å². The van der Waals surface area contributed by atoms with Crippen LogP contribution in [0.1, 0.15) is 51.4 Å². The number of fused-ring (bicyclic) bond motifs is 4. The lowest BCUT2D eigenvalue weighted by molar-refractivity contribution is -0.136. The molecule has 0 aromatic carbocycles. The van der Waals surface area contributed by atoms with Gasteiger partial charge in [0.15, 0.2) is 0 Å². The predicted octanol–water partition coefficient (Wildman–Crippen LogP) is 3.54. The molecule has 1 nitrogen and oxygen atoms in total. The minimum atomic E-state index is -0.133. The molecule has 0 aromatic rings. The Kier molecular flexibility index (Phi) is 2.35. The molecule has 4 atom stereocenters. The van der Waals surface area contributed by atoms with Gasteiger partial charge in [-0.25, -0.2) is 0 Å². The first kappa shape index (κ1) is 10.1. The number of hydrogen-bond acceptors (Lipinski definition) is 1. The Morgan fingerprint density at radius 2 is 2.00 bits per heavy atom. The van der Waals surface area contributed by atoms with Gasteiger partial charge in [-0.1, -0.05) is 19.3 Å². The highest BCUT2D eigenvalue weighted by atomic mass is 35.5.